The van der Waals surface area contributed by atoms with Crippen molar-refractivity contribution in [2.24, 2.45) is 0 Å². The van der Waals surface area contributed by atoms with Gasteiger partial charge in [0.2, 0.25) is 0 Å². The number of hydrogen-bond donors (Lipinski definition) is 1. The normalized spacial score (nSPS) is 20.1. The number of para-hydroxylation sites is 1. The van der Waals surface area contributed by atoms with Crippen LogP contribution in [0.15, 0.2) is 42.5 Å². The maximum Gasteiger partial charge on any atom is 0.335 e. The second-order valence-electron chi connectivity index (χ2n) is 7.13. The van der Waals surface area contributed by atoms with Gasteiger partial charge in [0.15, 0.2) is 0 Å². The van der Waals surface area contributed by atoms with Crippen molar-refractivity contribution < 1.29 is 9.90 Å². The highest BCUT2D eigenvalue weighted by Gasteiger charge is 2.31. The Morgan fingerprint density at radius 3 is 2.23 bits per heavy atom. The number of benzene rings is 2. The quantitative estimate of drug-likeness (QED) is 0.821. The van der Waals surface area contributed by atoms with Crippen LogP contribution < -0.4 is 9.80 Å². The fraction of sp³-hybridized carbons (Fsp3) is 0.318. The Kier molecular flexibility index (Phi) is 4.77. The second-order valence-corrected chi connectivity index (χ2v) is 7.13. The van der Waals surface area contributed by atoms with E-state index in [1.165, 1.54) is 16.9 Å². The zero-order valence-electron chi connectivity index (χ0n) is 16.0. The van der Waals surface area contributed by atoms with Gasteiger partial charge in [-0.25, -0.2) is 4.79 Å². The van der Waals surface area contributed by atoms with Crippen molar-refractivity contribution in [3.63, 3.8) is 0 Å². The molecule has 1 aliphatic heterocycles. The lowest BCUT2D eigenvalue weighted by Gasteiger charge is -2.46. The van der Waals surface area contributed by atoms with E-state index in [1.807, 2.05) is 12.1 Å². The highest BCUT2D eigenvalue weighted by molar-refractivity contribution is 5.93. The van der Waals surface area contributed by atoms with Gasteiger partial charge in [-0.3, -0.25) is 0 Å². The summed E-state index contributed by atoms with van der Waals surface area (Å²) in [5.74, 6) is -0.901. The monoisotopic (exact) mass is 350 g/mol. The summed E-state index contributed by atoms with van der Waals surface area (Å²) < 4.78 is 0. The SMILES string of the molecule is C/C(=C\c1ccc(C(=O)O)cc1)c1cccc2c1N(C)C(C)C(C)N2C. The average Bonchev–Trinajstić information content (AvgIpc) is 2.64. The predicted molar refractivity (Wildman–Crippen MR) is 109 cm³/mol. The van der Waals surface area contributed by atoms with Crippen molar-refractivity contribution in [2.45, 2.75) is 32.9 Å². The number of anilines is 2. The van der Waals surface area contributed by atoms with Gasteiger partial charge in [-0.2, -0.15) is 0 Å². The molecule has 0 amide bonds. The molecule has 0 aliphatic carbocycles. The van der Waals surface area contributed by atoms with Gasteiger partial charge in [0.25, 0.3) is 0 Å². The zero-order chi connectivity index (χ0) is 19.0. The molecule has 0 saturated carbocycles. The van der Waals surface area contributed by atoms with E-state index in [0.717, 1.165) is 11.1 Å². The Morgan fingerprint density at radius 2 is 1.62 bits per heavy atom. The van der Waals surface area contributed by atoms with Crippen molar-refractivity contribution in [1.29, 1.82) is 0 Å². The molecule has 1 N–H and O–H groups in total. The summed E-state index contributed by atoms with van der Waals surface area (Å²) in [7, 11) is 4.31. The number of aromatic carboxylic acids is 1. The predicted octanol–water partition coefficient (Wildman–Crippen LogP) is 4.61. The summed E-state index contributed by atoms with van der Waals surface area (Å²) >= 11 is 0. The van der Waals surface area contributed by atoms with Crippen molar-refractivity contribution in [3.05, 3.63) is 59.2 Å². The van der Waals surface area contributed by atoms with Gasteiger partial charge in [-0.1, -0.05) is 30.3 Å². The summed E-state index contributed by atoms with van der Waals surface area (Å²) in [5, 5.41) is 9.04. The molecule has 0 spiro atoms. The first-order chi connectivity index (χ1) is 12.3. The smallest absolute Gasteiger partial charge is 0.335 e. The molecule has 1 aliphatic rings. The molecule has 2 atom stereocenters. The first-order valence-electron chi connectivity index (χ1n) is 8.92. The van der Waals surface area contributed by atoms with Gasteiger partial charge in [0.05, 0.1) is 16.9 Å². The molecule has 0 radical (unpaired) electrons. The topological polar surface area (TPSA) is 43.8 Å². The highest BCUT2D eigenvalue weighted by atomic mass is 16.4. The van der Waals surface area contributed by atoms with E-state index in [1.54, 1.807) is 12.1 Å². The van der Waals surface area contributed by atoms with E-state index < -0.39 is 5.97 Å². The van der Waals surface area contributed by atoms with Crippen LogP contribution in [-0.4, -0.2) is 37.3 Å². The third kappa shape index (κ3) is 3.07. The van der Waals surface area contributed by atoms with Crippen molar-refractivity contribution in [1.82, 2.24) is 0 Å². The van der Waals surface area contributed by atoms with Crippen LogP contribution in [0.3, 0.4) is 0 Å². The van der Waals surface area contributed by atoms with E-state index in [9.17, 15) is 4.79 Å². The van der Waals surface area contributed by atoms with Gasteiger partial charge in [0, 0.05) is 31.7 Å². The Labute approximate surface area is 155 Å². The van der Waals surface area contributed by atoms with Crippen LogP contribution in [0.4, 0.5) is 11.4 Å². The van der Waals surface area contributed by atoms with Crippen LogP contribution in [0.5, 0.6) is 0 Å². The van der Waals surface area contributed by atoms with Gasteiger partial charge < -0.3 is 14.9 Å². The first-order valence-corrected chi connectivity index (χ1v) is 8.92. The lowest BCUT2D eigenvalue weighted by Crippen LogP contribution is -2.51. The molecule has 26 heavy (non-hydrogen) atoms. The van der Waals surface area contributed by atoms with Crippen LogP contribution in [0, 0.1) is 0 Å². The number of hydrogen-bond acceptors (Lipinski definition) is 3. The molecule has 136 valence electrons. The minimum absolute atomic E-state index is 0.307. The third-order valence-corrected chi connectivity index (χ3v) is 5.63. The van der Waals surface area contributed by atoms with Crippen LogP contribution >= 0.6 is 0 Å². The van der Waals surface area contributed by atoms with E-state index in [2.05, 4.69) is 68.9 Å². The fourth-order valence-corrected chi connectivity index (χ4v) is 3.62. The average molecular weight is 350 g/mol. The number of carboxylic acids is 1. The number of carboxylic acid groups (broad SMARTS) is 1. The van der Waals surface area contributed by atoms with Gasteiger partial charge >= 0.3 is 5.97 Å². The molecule has 0 saturated heterocycles. The number of nitrogens with zero attached hydrogens (tertiary/aromatic N) is 2. The molecular weight excluding hydrogens is 324 g/mol. The van der Waals surface area contributed by atoms with E-state index in [4.69, 9.17) is 5.11 Å². The van der Waals surface area contributed by atoms with E-state index >= 15 is 0 Å². The summed E-state index contributed by atoms with van der Waals surface area (Å²) in [6.45, 7) is 6.62. The van der Waals surface area contributed by atoms with Crippen LogP contribution in [0.1, 0.15) is 42.3 Å². The molecule has 2 aromatic carbocycles. The molecule has 2 aromatic rings. The molecule has 4 heteroatoms. The number of likely N-dealkylation sites (N-methyl/N-ethyl adjacent to an activating group) is 2. The minimum Gasteiger partial charge on any atom is -0.478 e. The Balaban J connectivity index is 2.03. The summed E-state index contributed by atoms with van der Waals surface area (Å²) in [6.07, 6.45) is 2.11. The van der Waals surface area contributed by atoms with Crippen LogP contribution in [0.25, 0.3) is 11.6 Å². The fourth-order valence-electron chi connectivity index (χ4n) is 3.62. The number of allylic oxidation sites excluding steroid dienone is 1. The van der Waals surface area contributed by atoms with Crippen molar-refractivity contribution in [2.75, 3.05) is 23.9 Å². The Morgan fingerprint density at radius 1 is 1.00 bits per heavy atom. The van der Waals surface area contributed by atoms with Gasteiger partial charge in [-0.15, -0.1) is 0 Å². The molecule has 0 bridgehead atoms. The Bertz CT molecular complexity index is 855. The maximum atomic E-state index is 11.0. The highest BCUT2D eigenvalue weighted by Crippen LogP contribution is 2.41. The van der Waals surface area contributed by atoms with Gasteiger partial charge in [-0.05, 0) is 50.1 Å². The lowest BCUT2D eigenvalue weighted by atomic mass is 9.95. The second kappa shape index (κ2) is 6.87. The van der Waals surface area contributed by atoms with E-state index in [0.29, 0.717) is 17.6 Å². The molecule has 3 rings (SSSR count). The molecular formula is C22H26N2O2. The third-order valence-electron chi connectivity index (χ3n) is 5.63. The van der Waals surface area contributed by atoms with Crippen molar-refractivity contribution in [3.8, 4) is 0 Å². The minimum atomic E-state index is -0.901. The lowest BCUT2D eigenvalue weighted by molar-refractivity contribution is 0.0697. The summed E-state index contributed by atoms with van der Waals surface area (Å²) in [6, 6.07) is 14.3. The van der Waals surface area contributed by atoms with Gasteiger partial charge in [0.1, 0.15) is 0 Å². The standard InChI is InChI=1S/C22H26N2O2/c1-14(13-17-9-11-18(12-10-17)22(25)26)19-7-6-8-20-21(19)24(5)16(3)15(2)23(20)4/h6-13,15-16H,1-5H3,(H,25,26)/b14-13+. The zero-order valence-corrected chi connectivity index (χ0v) is 16.0. The molecule has 1 heterocycles. The maximum absolute atomic E-state index is 11.0. The van der Waals surface area contributed by atoms with Crippen LogP contribution in [0.2, 0.25) is 0 Å². The first kappa shape index (κ1) is 18.1. The molecule has 2 unspecified atom stereocenters. The summed E-state index contributed by atoms with van der Waals surface area (Å²) in [5.41, 5.74) is 6.16. The van der Waals surface area contributed by atoms with E-state index in [-0.39, 0.29) is 0 Å². The number of fused-ring (bicyclic) bond motifs is 1. The Hall–Kier alpha value is -2.75. The molecule has 4 nitrogen and oxygen atoms in total. The summed E-state index contributed by atoms with van der Waals surface area (Å²) in [4.78, 5) is 15.7. The number of rotatable bonds is 3. The largest absolute Gasteiger partial charge is 0.478 e. The molecule has 0 aromatic heterocycles. The van der Waals surface area contributed by atoms with Crippen LogP contribution in [-0.2, 0) is 0 Å². The van der Waals surface area contributed by atoms with Crippen molar-refractivity contribution >= 4 is 29.0 Å². The molecule has 0 fully saturated rings. The number of carbonyl (C=O) groups is 1.